The van der Waals surface area contributed by atoms with E-state index in [-0.39, 0.29) is 18.2 Å². The predicted octanol–water partition coefficient (Wildman–Crippen LogP) is 5.12. The molecule has 4 rings (SSSR count). The third kappa shape index (κ3) is 5.20. The Labute approximate surface area is 207 Å². The summed E-state index contributed by atoms with van der Waals surface area (Å²) in [6, 6.07) is 19.3. The van der Waals surface area contributed by atoms with Gasteiger partial charge in [-0.2, -0.15) is 5.10 Å². The molecule has 0 aliphatic carbocycles. The number of halogens is 1. The molecule has 4 aromatic rings. The molecule has 184 valence electrons. The first kappa shape index (κ1) is 24.5. The molecule has 1 N–H and O–H groups in total. The Bertz CT molecular complexity index is 1400. The van der Waals surface area contributed by atoms with Gasteiger partial charge in [-0.3, -0.25) is 4.79 Å². The van der Waals surface area contributed by atoms with Gasteiger partial charge in [-0.15, -0.1) is 0 Å². The molecule has 9 heteroatoms. The van der Waals surface area contributed by atoms with Crippen LogP contribution in [0.5, 0.6) is 11.5 Å². The van der Waals surface area contributed by atoms with Crippen LogP contribution in [0.25, 0.3) is 16.9 Å². The highest BCUT2D eigenvalue weighted by atomic mass is 19.1. The Balaban J connectivity index is 1.68. The minimum absolute atomic E-state index is 0.107. The van der Waals surface area contributed by atoms with Crippen molar-refractivity contribution in [1.29, 1.82) is 0 Å². The monoisotopic (exact) mass is 489 g/mol. The van der Waals surface area contributed by atoms with Crippen molar-refractivity contribution < 1.29 is 28.2 Å². The molecule has 0 unspecified atom stereocenters. The summed E-state index contributed by atoms with van der Waals surface area (Å²) >= 11 is 0. The normalized spacial score (nSPS) is 10.6. The SMILES string of the molecule is CCOC(=O)c1cc(-c2cccc(NC(=O)c3ccc(OC)c(OC)c3)c2)n(-c2ccc(F)cc2)n1. The van der Waals surface area contributed by atoms with Gasteiger partial charge in [0.25, 0.3) is 5.91 Å². The van der Waals surface area contributed by atoms with Crippen molar-refractivity contribution in [1.82, 2.24) is 9.78 Å². The maximum atomic E-state index is 13.5. The second-order valence-electron chi connectivity index (χ2n) is 7.63. The van der Waals surface area contributed by atoms with Gasteiger partial charge >= 0.3 is 5.97 Å². The van der Waals surface area contributed by atoms with Crippen molar-refractivity contribution in [2.75, 3.05) is 26.1 Å². The molecule has 0 aliphatic heterocycles. The first-order valence-corrected chi connectivity index (χ1v) is 11.1. The molecule has 0 radical (unpaired) electrons. The average molecular weight is 490 g/mol. The Kier molecular flexibility index (Phi) is 7.29. The Hall–Kier alpha value is -4.66. The molecule has 3 aromatic carbocycles. The lowest BCUT2D eigenvalue weighted by molar-refractivity contribution is 0.0518. The minimum atomic E-state index is -0.572. The van der Waals surface area contributed by atoms with E-state index in [0.717, 1.165) is 0 Å². The van der Waals surface area contributed by atoms with Crippen LogP contribution in [-0.4, -0.2) is 42.5 Å². The van der Waals surface area contributed by atoms with E-state index < -0.39 is 11.8 Å². The van der Waals surface area contributed by atoms with Crippen LogP contribution >= 0.6 is 0 Å². The summed E-state index contributed by atoms with van der Waals surface area (Å²) < 4.78 is 30.6. The number of carbonyl (C=O) groups is 2. The first-order chi connectivity index (χ1) is 17.4. The molecule has 0 saturated heterocycles. The first-order valence-electron chi connectivity index (χ1n) is 11.1. The standard InChI is InChI=1S/C27H24FN3O5/c1-4-36-27(33)22-16-23(31(30-22)21-11-9-19(28)10-12-21)17-6-5-7-20(14-17)29-26(32)18-8-13-24(34-2)25(15-18)35-3/h5-16H,4H2,1-3H3,(H,29,32). The summed E-state index contributed by atoms with van der Waals surface area (Å²) in [6.07, 6.45) is 0. The summed E-state index contributed by atoms with van der Waals surface area (Å²) in [7, 11) is 3.02. The molecule has 36 heavy (non-hydrogen) atoms. The maximum Gasteiger partial charge on any atom is 0.358 e. The lowest BCUT2D eigenvalue weighted by Crippen LogP contribution is -2.12. The molecule has 1 amide bonds. The summed E-state index contributed by atoms with van der Waals surface area (Å²) in [4.78, 5) is 25.3. The number of hydrogen-bond donors (Lipinski definition) is 1. The number of esters is 1. The van der Waals surface area contributed by atoms with E-state index in [4.69, 9.17) is 14.2 Å². The van der Waals surface area contributed by atoms with Gasteiger partial charge in [-0.1, -0.05) is 12.1 Å². The van der Waals surface area contributed by atoms with Gasteiger partial charge in [0.1, 0.15) is 5.82 Å². The average Bonchev–Trinajstić information content (AvgIpc) is 3.35. The zero-order valence-corrected chi connectivity index (χ0v) is 19.9. The van der Waals surface area contributed by atoms with Crippen molar-refractivity contribution >= 4 is 17.6 Å². The number of ether oxygens (including phenoxy) is 3. The van der Waals surface area contributed by atoms with E-state index in [1.54, 1.807) is 61.5 Å². The highest BCUT2D eigenvalue weighted by Gasteiger charge is 2.18. The van der Waals surface area contributed by atoms with Gasteiger partial charge in [0.05, 0.1) is 32.2 Å². The smallest absolute Gasteiger partial charge is 0.358 e. The fourth-order valence-electron chi connectivity index (χ4n) is 3.61. The second kappa shape index (κ2) is 10.7. The number of nitrogens with zero attached hydrogens (tertiary/aromatic N) is 2. The molecule has 1 heterocycles. The lowest BCUT2D eigenvalue weighted by atomic mass is 10.1. The lowest BCUT2D eigenvalue weighted by Gasteiger charge is -2.11. The molecule has 0 fully saturated rings. The van der Waals surface area contributed by atoms with Crippen molar-refractivity contribution in [3.8, 4) is 28.4 Å². The van der Waals surface area contributed by atoms with Crippen LogP contribution in [0.3, 0.4) is 0 Å². The van der Waals surface area contributed by atoms with E-state index in [1.165, 1.54) is 31.0 Å². The summed E-state index contributed by atoms with van der Waals surface area (Å²) in [5.41, 5.74) is 2.81. The van der Waals surface area contributed by atoms with Gasteiger partial charge in [-0.05, 0) is 67.6 Å². The molecule has 0 atom stereocenters. The summed E-state index contributed by atoms with van der Waals surface area (Å²) in [5, 5.41) is 7.25. The van der Waals surface area contributed by atoms with Crippen molar-refractivity contribution in [3.05, 3.63) is 89.9 Å². The molecule has 0 aliphatic rings. The van der Waals surface area contributed by atoms with Gasteiger partial charge in [0.15, 0.2) is 17.2 Å². The molecule has 1 aromatic heterocycles. The van der Waals surface area contributed by atoms with Crippen molar-refractivity contribution in [3.63, 3.8) is 0 Å². The van der Waals surface area contributed by atoms with Crippen molar-refractivity contribution in [2.45, 2.75) is 6.92 Å². The van der Waals surface area contributed by atoms with Gasteiger partial charge in [0.2, 0.25) is 0 Å². The maximum absolute atomic E-state index is 13.5. The molecule has 8 nitrogen and oxygen atoms in total. The van der Waals surface area contributed by atoms with Crippen LogP contribution in [0.15, 0.2) is 72.8 Å². The molecule has 0 spiro atoms. The number of nitrogens with one attached hydrogen (secondary N) is 1. The number of benzene rings is 3. The van der Waals surface area contributed by atoms with Gasteiger partial charge < -0.3 is 19.5 Å². The highest BCUT2D eigenvalue weighted by Crippen LogP contribution is 2.29. The van der Waals surface area contributed by atoms with Crippen molar-refractivity contribution in [2.24, 2.45) is 0 Å². The number of aromatic nitrogens is 2. The van der Waals surface area contributed by atoms with Crippen LogP contribution < -0.4 is 14.8 Å². The highest BCUT2D eigenvalue weighted by molar-refractivity contribution is 6.05. The fraction of sp³-hybridized carbons (Fsp3) is 0.148. The van der Waals surface area contributed by atoms with E-state index >= 15 is 0 Å². The Morgan fingerprint density at radius 2 is 1.69 bits per heavy atom. The van der Waals surface area contributed by atoms with Crippen LogP contribution in [0.2, 0.25) is 0 Å². The van der Waals surface area contributed by atoms with Crippen LogP contribution in [0.1, 0.15) is 27.8 Å². The van der Waals surface area contributed by atoms with E-state index in [0.29, 0.717) is 39.7 Å². The number of methoxy groups -OCH3 is 2. The van der Waals surface area contributed by atoms with E-state index in [9.17, 15) is 14.0 Å². The number of carbonyl (C=O) groups excluding carboxylic acids is 2. The molecular formula is C27H24FN3O5. The quantitative estimate of drug-likeness (QED) is 0.345. The second-order valence-corrected chi connectivity index (χ2v) is 7.63. The number of hydrogen-bond acceptors (Lipinski definition) is 6. The number of anilines is 1. The predicted molar refractivity (Wildman–Crippen MR) is 132 cm³/mol. The Morgan fingerprint density at radius 3 is 2.39 bits per heavy atom. The third-order valence-electron chi connectivity index (χ3n) is 5.33. The Morgan fingerprint density at radius 1 is 0.944 bits per heavy atom. The minimum Gasteiger partial charge on any atom is -0.493 e. The van der Waals surface area contributed by atoms with Gasteiger partial charge in [-0.25, -0.2) is 13.9 Å². The largest absolute Gasteiger partial charge is 0.493 e. The topological polar surface area (TPSA) is 91.7 Å². The fourth-order valence-corrected chi connectivity index (χ4v) is 3.61. The molecular weight excluding hydrogens is 465 g/mol. The number of amides is 1. The third-order valence-corrected chi connectivity index (χ3v) is 5.33. The molecule has 0 bridgehead atoms. The van der Waals surface area contributed by atoms with Gasteiger partial charge in [0, 0.05) is 16.8 Å². The van der Waals surface area contributed by atoms with Crippen LogP contribution in [0.4, 0.5) is 10.1 Å². The molecule has 0 saturated carbocycles. The number of rotatable bonds is 8. The van der Waals surface area contributed by atoms with E-state index in [2.05, 4.69) is 10.4 Å². The van der Waals surface area contributed by atoms with Crippen LogP contribution in [-0.2, 0) is 4.74 Å². The van der Waals surface area contributed by atoms with E-state index in [1.807, 2.05) is 6.07 Å². The summed E-state index contributed by atoms with van der Waals surface area (Å²) in [5.74, 6) is -0.348. The summed E-state index contributed by atoms with van der Waals surface area (Å²) in [6.45, 7) is 1.91. The van der Waals surface area contributed by atoms with Crippen LogP contribution in [0, 0.1) is 5.82 Å². The zero-order chi connectivity index (χ0) is 25.7. The zero-order valence-electron chi connectivity index (χ0n) is 19.9.